The number of pyridine rings is 4. The molecule has 6 aromatic rings. The van der Waals surface area contributed by atoms with Crippen LogP contribution in [-0.4, -0.2) is 41.0 Å². The molecule has 1 amide bonds. The molecule has 0 saturated heterocycles. The zero-order chi connectivity index (χ0) is 24.8. The Morgan fingerprint density at radius 3 is 2.62 bits per heavy atom. The van der Waals surface area contributed by atoms with Gasteiger partial charge in [-0.05, 0) is 48.7 Å². The summed E-state index contributed by atoms with van der Waals surface area (Å²) in [5, 5.41) is 12.4. The number of hydrogen-bond donors (Lipinski definition) is 3. The van der Waals surface area contributed by atoms with E-state index in [1.165, 1.54) is 0 Å². The Morgan fingerprint density at radius 2 is 1.78 bits per heavy atom. The molecule has 1 aliphatic rings. The van der Waals surface area contributed by atoms with Gasteiger partial charge in [-0.2, -0.15) is 5.10 Å². The SMILES string of the molecule is O=C(Nc1cncc(-c2cnc3n[nH]c(-c4cc5c(-c6cccnc6)ccnc5[nH]4)c3c2)c1)C1CCC1. The number of fused-ring (bicyclic) bond motifs is 2. The molecule has 37 heavy (non-hydrogen) atoms. The van der Waals surface area contributed by atoms with Crippen LogP contribution in [0.3, 0.4) is 0 Å². The minimum Gasteiger partial charge on any atom is -0.338 e. The van der Waals surface area contributed by atoms with Gasteiger partial charge in [0, 0.05) is 64.4 Å². The van der Waals surface area contributed by atoms with Gasteiger partial charge in [-0.25, -0.2) is 9.97 Å². The molecule has 0 aromatic carbocycles. The van der Waals surface area contributed by atoms with E-state index in [-0.39, 0.29) is 11.8 Å². The molecule has 1 fully saturated rings. The lowest BCUT2D eigenvalue weighted by Crippen LogP contribution is -2.28. The molecule has 9 nitrogen and oxygen atoms in total. The number of carbonyl (C=O) groups is 1. The molecule has 0 radical (unpaired) electrons. The fourth-order valence-electron chi connectivity index (χ4n) is 4.78. The molecule has 6 aromatic heterocycles. The molecule has 180 valence electrons. The highest BCUT2D eigenvalue weighted by molar-refractivity contribution is 6.00. The van der Waals surface area contributed by atoms with Crippen LogP contribution in [0.2, 0.25) is 0 Å². The second-order valence-electron chi connectivity index (χ2n) is 9.32. The van der Waals surface area contributed by atoms with E-state index in [1.807, 2.05) is 36.5 Å². The van der Waals surface area contributed by atoms with Gasteiger partial charge >= 0.3 is 0 Å². The second-order valence-corrected chi connectivity index (χ2v) is 9.32. The van der Waals surface area contributed by atoms with Gasteiger partial charge in [0.1, 0.15) is 5.65 Å². The Labute approximate surface area is 211 Å². The van der Waals surface area contributed by atoms with Gasteiger partial charge in [0.05, 0.1) is 23.3 Å². The number of rotatable bonds is 5. The zero-order valence-corrected chi connectivity index (χ0v) is 19.8. The Hall–Kier alpha value is -4.92. The number of anilines is 1. The first kappa shape index (κ1) is 21.4. The lowest BCUT2D eigenvalue weighted by atomic mass is 9.85. The first-order valence-corrected chi connectivity index (χ1v) is 12.2. The summed E-state index contributed by atoms with van der Waals surface area (Å²) in [5.74, 6) is 0.175. The third kappa shape index (κ3) is 3.81. The number of aromatic nitrogens is 7. The fraction of sp³-hybridized carbons (Fsp3) is 0.143. The molecule has 1 aliphatic carbocycles. The highest BCUT2D eigenvalue weighted by atomic mass is 16.1. The predicted octanol–water partition coefficient (Wildman–Crippen LogP) is 5.36. The van der Waals surface area contributed by atoms with E-state index in [4.69, 9.17) is 0 Å². The monoisotopic (exact) mass is 486 g/mol. The normalized spacial score (nSPS) is 13.6. The van der Waals surface area contributed by atoms with E-state index < -0.39 is 0 Å². The second kappa shape index (κ2) is 8.63. The van der Waals surface area contributed by atoms with Crippen molar-refractivity contribution >= 4 is 33.7 Å². The summed E-state index contributed by atoms with van der Waals surface area (Å²) >= 11 is 0. The molecular weight excluding hydrogens is 464 g/mol. The quantitative estimate of drug-likeness (QED) is 0.301. The summed E-state index contributed by atoms with van der Waals surface area (Å²) in [5.41, 5.74) is 7.58. The van der Waals surface area contributed by atoms with Crippen molar-refractivity contribution in [3.8, 4) is 33.6 Å². The number of carbonyl (C=O) groups excluding carboxylic acids is 1. The molecule has 0 aliphatic heterocycles. The van der Waals surface area contributed by atoms with E-state index in [1.54, 1.807) is 31.0 Å². The van der Waals surface area contributed by atoms with Crippen molar-refractivity contribution in [1.29, 1.82) is 0 Å². The van der Waals surface area contributed by atoms with Crippen molar-refractivity contribution in [3.63, 3.8) is 0 Å². The highest BCUT2D eigenvalue weighted by Gasteiger charge is 2.25. The minimum absolute atomic E-state index is 0.0639. The smallest absolute Gasteiger partial charge is 0.227 e. The number of H-pyrrole nitrogens is 2. The summed E-state index contributed by atoms with van der Waals surface area (Å²) in [6.07, 6.45) is 13.6. The molecule has 9 heteroatoms. The van der Waals surface area contributed by atoms with Gasteiger partial charge < -0.3 is 10.3 Å². The summed E-state index contributed by atoms with van der Waals surface area (Å²) in [6.45, 7) is 0. The number of aromatic amines is 2. The van der Waals surface area contributed by atoms with Crippen molar-refractivity contribution in [2.75, 3.05) is 5.32 Å². The molecule has 0 unspecified atom stereocenters. The van der Waals surface area contributed by atoms with Crippen LogP contribution in [0.25, 0.3) is 55.7 Å². The maximum atomic E-state index is 12.4. The Morgan fingerprint density at radius 1 is 0.892 bits per heavy atom. The number of hydrogen-bond acceptors (Lipinski definition) is 6. The summed E-state index contributed by atoms with van der Waals surface area (Å²) in [6, 6.07) is 12.0. The number of nitrogens with one attached hydrogen (secondary N) is 3. The van der Waals surface area contributed by atoms with Crippen LogP contribution in [0, 0.1) is 5.92 Å². The third-order valence-electron chi connectivity index (χ3n) is 7.00. The Kier molecular flexibility index (Phi) is 4.99. The van der Waals surface area contributed by atoms with Crippen LogP contribution in [0.4, 0.5) is 5.69 Å². The predicted molar refractivity (Wildman–Crippen MR) is 141 cm³/mol. The highest BCUT2D eigenvalue weighted by Crippen LogP contribution is 2.34. The molecular formula is C28H22N8O. The van der Waals surface area contributed by atoms with Crippen molar-refractivity contribution in [1.82, 2.24) is 35.1 Å². The minimum atomic E-state index is 0.0639. The van der Waals surface area contributed by atoms with Crippen LogP contribution in [0.5, 0.6) is 0 Å². The molecule has 7 rings (SSSR count). The summed E-state index contributed by atoms with van der Waals surface area (Å²) < 4.78 is 0. The number of amides is 1. The van der Waals surface area contributed by atoms with Crippen molar-refractivity contribution in [2.24, 2.45) is 5.92 Å². The zero-order valence-electron chi connectivity index (χ0n) is 19.8. The van der Waals surface area contributed by atoms with Crippen LogP contribution in [0.15, 0.2) is 73.6 Å². The third-order valence-corrected chi connectivity index (χ3v) is 7.00. The molecule has 6 heterocycles. The van der Waals surface area contributed by atoms with Crippen LogP contribution in [0.1, 0.15) is 19.3 Å². The van der Waals surface area contributed by atoms with E-state index in [9.17, 15) is 4.79 Å². The topological polar surface area (TPSA) is 125 Å². The van der Waals surface area contributed by atoms with Gasteiger partial charge in [0.2, 0.25) is 5.91 Å². The average molecular weight is 487 g/mol. The molecule has 0 spiro atoms. The van der Waals surface area contributed by atoms with Gasteiger partial charge in [-0.1, -0.05) is 12.5 Å². The van der Waals surface area contributed by atoms with E-state index in [0.29, 0.717) is 11.3 Å². The largest absolute Gasteiger partial charge is 0.338 e. The summed E-state index contributed by atoms with van der Waals surface area (Å²) in [7, 11) is 0. The Balaban J connectivity index is 1.26. The maximum absolute atomic E-state index is 12.4. The van der Waals surface area contributed by atoms with Crippen molar-refractivity contribution in [2.45, 2.75) is 19.3 Å². The van der Waals surface area contributed by atoms with Gasteiger partial charge in [0.15, 0.2) is 5.65 Å². The first-order chi connectivity index (χ1) is 18.2. The van der Waals surface area contributed by atoms with Crippen LogP contribution >= 0.6 is 0 Å². The van der Waals surface area contributed by atoms with Crippen LogP contribution in [-0.2, 0) is 4.79 Å². The molecule has 1 saturated carbocycles. The maximum Gasteiger partial charge on any atom is 0.227 e. The van der Waals surface area contributed by atoms with Gasteiger partial charge in [-0.15, -0.1) is 0 Å². The van der Waals surface area contributed by atoms with E-state index in [2.05, 4.69) is 46.5 Å². The molecule has 0 bridgehead atoms. The Bertz CT molecular complexity index is 1770. The average Bonchev–Trinajstić information content (AvgIpc) is 3.52. The van der Waals surface area contributed by atoms with E-state index >= 15 is 0 Å². The van der Waals surface area contributed by atoms with Gasteiger partial charge in [-0.3, -0.25) is 19.9 Å². The van der Waals surface area contributed by atoms with Crippen LogP contribution < -0.4 is 5.32 Å². The lowest BCUT2D eigenvalue weighted by molar-refractivity contribution is -0.122. The fourth-order valence-corrected chi connectivity index (χ4v) is 4.78. The van der Waals surface area contributed by atoms with Gasteiger partial charge in [0.25, 0.3) is 0 Å². The first-order valence-electron chi connectivity index (χ1n) is 12.2. The van der Waals surface area contributed by atoms with E-state index in [0.717, 1.165) is 69.3 Å². The standard InChI is InChI=1S/C28H22N8O/c37-28(16-3-1-4-16)33-20-9-18(13-30-15-20)19-10-23-25(35-36-27(23)32-14-19)24-11-22-21(6-8-31-26(22)34-24)17-5-2-7-29-12-17/h2,5-16H,1,3-4H2,(H,31,34)(H,33,37)(H,32,35,36). The lowest BCUT2D eigenvalue weighted by Gasteiger charge is -2.24. The number of nitrogens with zero attached hydrogens (tertiary/aromatic N) is 5. The van der Waals surface area contributed by atoms with Crippen molar-refractivity contribution < 1.29 is 4.79 Å². The van der Waals surface area contributed by atoms with Crippen molar-refractivity contribution in [3.05, 3.63) is 73.6 Å². The molecule has 0 atom stereocenters. The summed E-state index contributed by atoms with van der Waals surface area (Å²) in [4.78, 5) is 33.5. The molecule has 3 N–H and O–H groups in total.